The molecule has 0 aliphatic rings. The number of nitrogens with zero attached hydrogens (tertiary/aromatic N) is 1. The molecule has 0 atom stereocenters. The fourth-order valence-corrected chi connectivity index (χ4v) is 2.53. The van der Waals surface area contributed by atoms with Gasteiger partial charge in [0.25, 0.3) is 0 Å². The largest absolute Gasteiger partial charge is 0.433 e. The highest BCUT2D eigenvalue weighted by Gasteiger charge is 2.38. The summed E-state index contributed by atoms with van der Waals surface area (Å²) >= 11 is 0. The summed E-state index contributed by atoms with van der Waals surface area (Å²) < 4.78 is 39.9. The van der Waals surface area contributed by atoms with Crippen molar-refractivity contribution in [2.75, 3.05) is 5.32 Å². The van der Waals surface area contributed by atoms with Crippen LogP contribution in [0.3, 0.4) is 0 Å². The number of anilines is 1. The van der Waals surface area contributed by atoms with E-state index in [0.717, 1.165) is 11.1 Å². The van der Waals surface area contributed by atoms with E-state index in [9.17, 15) is 18.0 Å². The fourth-order valence-electron chi connectivity index (χ4n) is 2.53. The predicted molar refractivity (Wildman–Crippen MR) is 97.9 cm³/mol. The molecule has 0 aliphatic carbocycles. The third kappa shape index (κ3) is 4.44. The van der Waals surface area contributed by atoms with Crippen LogP contribution in [0.4, 0.5) is 19.0 Å². The highest BCUT2D eigenvalue weighted by Crippen LogP contribution is 2.39. The molecule has 27 heavy (non-hydrogen) atoms. The number of alkyl halides is 3. The van der Waals surface area contributed by atoms with E-state index >= 15 is 0 Å². The van der Waals surface area contributed by atoms with E-state index < -0.39 is 17.8 Å². The number of carbonyl (C=O) groups is 1. The molecule has 0 unspecified atom stereocenters. The number of halogens is 3. The third-order valence-corrected chi connectivity index (χ3v) is 3.86. The lowest BCUT2D eigenvalue weighted by atomic mass is 10.1. The first-order valence-corrected chi connectivity index (χ1v) is 8.11. The Morgan fingerprint density at radius 2 is 1.74 bits per heavy atom. The van der Waals surface area contributed by atoms with Gasteiger partial charge in [-0.2, -0.15) is 18.3 Å². The van der Waals surface area contributed by atoms with Crippen molar-refractivity contribution in [2.45, 2.75) is 13.1 Å². The molecule has 2 aromatic carbocycles. The predicted octanol–water partition coefficient (Wildman–Crippen LogP) is 5.06. The van der Waals surface area contributed by atoms with Crippen LogP contribution < -0.4 is 5.32 Å². The average molecular weight is 371 g/mol. The van der Waals surface area contributed by atoms with Crippen molar-refractivity contribution in [2.24, 2.45) is 0 Å². The Bertz CT molecular complexity index is 958. The molecule has 1 aromatic heterocycles. The van der Waals surface area contributed by atoms with Gasteiger partial charge in [-0.25, -0.2) is 0 Å². The molecule has 4 nitrogen and oxygen atoms in total. The van der Waals surface area contributed by atoms with Gasteiger partial charge in [-0.1, -0.05) is 60.2 Å². The molecule has 1 heterocycles. The summed E-state index contributed by atoms with van der Waals surface area (Å²) in [5.41, 5.74) is 0.987. The van der Waals surface area contributed by atoms with Crippen LogP contribution in [0.25, 0.3) is 17.2 Å². The standard InChI is InChI=1S/C20H16F3N3O/c1-13-7-9-14(10-8-13)11-12-16(27)24-19-17(15-5-3-2-4-6-15)18(25-26-19)20(21,22)23/h2-12H,1H3,(H2,24,25,26,27)/b12-11+. The Balaban J connectivity index is 1.87. The number of hydrogen-bond donors (Lipinski definition) is 2. The van der Waals surface area contributed by atoms with Crippen molar-refractivity contribution < 1.29 is 18.0 Å². The average Bonchev–Trinajstić information content (AvgIpc) is 3.06. The van der Waals surface area contributed by atoms with E-state index in [1.807, 2.05) is 36.3 Å². The van der Waals surface area contributed by atoms with Crippen molar-refractivity contribution in [3.8, 4) is 11.1 Å². The van der Waals surface area contributed by atoms with Crippen molar-refractivity contribution in [1.29, 1.82) is 0 Å². The van der Waals surface area contributed by atoms with Gasteiger partial charge in [-0.3, -0.25) is 9.89 Å². The van der Waals surface area contributed by atoms with Crippen LogP contribution in [0, 0.1) is 6.92 Å². The molecular weight excluding hydrogens is 355 g/mol. The maximum absolute atomic E-state index is 13.3. The van der Waals surface area contributed by atoms with E-state index in [1.54, 1.807) is 24.3 Å². The Hall–Kier alpha value is -3.35. The Morgan fingerprint density at radius 1 is 1.07 bits per heavy atom. The van der Waals surface area contributed by atoms with Gasteiger partial charge in [0.05, 0.1) is 5.56 Å². The van der Waals surface area contributed by atoms with Gasteiger partial charge >= 0.3 is 6.18 Å². The number of aryl methyl sites for hydroxylation is 1. The molecule has 0 radical (unpaired) electrons. The van der Waals surface area contributed by atoms with Crippen LogP contribution in [-0.4, -0.2) is 16.1 Å². The lowest BCUT2D eigenvalue weighted by Gasteiger charge is -2.09. The summed E-state index contributed by atoms with van der Waals surface area (Å²) in [6.45, 7) is 1.95. The summed E-state index contributed by atoms with van der Waals surface area (Å²) in [5.74, 6) is -0.750. The normalized spacial score (nSPS) is 11.7. The third-order valence-electron chi connectivity index (χ3n) is 3.86. The second-order valence-corrected chi connectivity index (χ2v) is 5.92. The minimum Gasteiger partial charge on any atom is -0.305 e. The highest BCUT2D eigenvalue weighted by atomic mass is 19.4. The molecule has 0 saturated carbocycles. The SMILES string of the molecule is Cc1ccc(/C=C/C(=O)Nc2n[nH]c(C(F)(F)F)c2-c2ccccc2)cc1. The van der Waals surface area contributed by atoms with Crippen molar-refractivity contribution >= 4 is 17.8 Å². The molecular formula is C20H16F3N3O. The number of aromatic nitrogens is 2. The van der Waals surface area contributed by atoms with Crippen LogP contribution in [0.15, 0.2) is 60.7 Å². The number of H-pyrrole nitrogens is 1. The first-order chi connectivity index (χ1) is 12.8. The van der Waals surface area contributed by atoms with Crippen molar-refractivity contribution in [1.82, 2.24) is 10.2 Å². The first kappa shape index (κ1) is 18.4. The maximum Gasteiger partial charge on any atom is 0.433 e. The van der Waals surface area contributed by atoms with Crippen molar-refractivity contribution in [3.05, 3.63) is 77.5 Å². The summed E-state index contributed by atoms with van der Waals surface area (Å²) in [6, 6.07) is 15.4. The number of carbonyl (C=O) groups excluding carboxylic acids is 1. The number of aromatic amines is 1. The minimum absolute atomic E-state index is 0.174. The van der Waals surface area contributed by atoms with Gasteiger partial charge in [0.15, 0.2) is 5.82 Å². The molecule has 0 fully saturated rings. The van der Waals surface area contributed by atoms with E-state index in [-0.39, 0.29) is 11.4 Å². The van der Waals surface area contributed by atoms with Crippen LogP contribution in [-0.2, 0) is 11.0 Å². The number of rotatable bonds is 4. The summed E-state index contributed by atoms with van der Waals surface area (Å²) in [7, 11) is 0. The second kappa shape index (κ2) is 7.49. The van der Waals surface area contributed by atoms with E-state index in [4.69, 9.17) is 0 Å². The lowest BCUT2D eigenvalue weighted by molar-refractivity contribution is -0.140. The van der Waals surface area contributed by atoms with E-state index in [2.05, 4.69) is 10.4 Å². The maximum atomic E-state index is 13.3. The molecule has 0 aliphatic heterocycles. The second-order valence-electron chi connectivity index (χ2n) is 5.92. The van der Waals surface area contributed by atoms with Crippen LogP contribution in [0.5, 0.6) is 0 Å². The number of benzene rings is 2. The van der Waals surface area contributed by atoms with Crippen LogP contribution >= 0.6 is 0 Å². The van der Waals surface area contributed by atoms with Gasteiger partial charge in [-0.15, -0.1) is 0 Å². The molecule has 138 valence electrons. The van der Waals surface area contributed by atoms with Gasteiger partial charge < -0.3 is 5.32 Å². The molecule has 1 amide bonds. The highest BCUT2D eigenvalue weighted by molar-refractivity contribution is 6.03. The minimum atomic E-state index is -4.63. The topological polar surface area (TPSA) is 57.8 Å². The zero-order valence-corrected chi connectivity index (χ0v) is 14.3. The molecule has 3 aromatic rings. The quantitative estimate of drug-likeness (QED) is 0.630. The van der Waals surface area contributed by atoms with E-state index in [1.165, 1.54) is 18.2 Å². The van der Waals surface area contributed by atoms with Gasteiger partial charge in [0.2, 0.25) is 5.91 Å². The van der Waals surface area contributed by atoms with Crippen molar-refractivity contribution in [3.63, 3.8) is 0 Å². The van der Waals surface area contributed by atoms with Crippen LogP contribution in [0.2, 0.25) is 0 Å². The molecule has 0 spiro atoms. The number of amides is 1. The first-order valence-electron chi connectivity index (χ1n) is 8.11. The Kier molecular flexibility index (Phi) is 5.12. The van der Waals surface area contributed by atoms with Gasteiger partial charge in [0, 0.05) is 6.08 Å². The summed E-state index contributed by atoms with van der Waals surface area (Å²) in [6.07, 6.45) is -1.80. The molecule has 7 heteroatoms. The summed E-state index contributed by atoms with van der Waals surface area (Å²) in [5, 5.41) is 8.05. The fraction of sp³-hybridized carbons (Fsp3) is 0.100. The Labute approximate surface area is 153 Å². The Morgan fingerprint density at radius 3 is 2.37 bits per heavy atom. The number of nitrogens with one attached hydrogen (secondary N) is 2. The zero-order valence-electron chi connectivity index (χ0n) is 14.3. The van der Waals surface area contributed by atoms with E-state index in [0.29, 0.717) is 5.56 Å². The molecule has 0 saturated heterocycles. The smallest absolute Gasteiger partial charge is 0.305 e. The van der Waals surface area contributed by atoms with Gasteiger partial charge in [-0.05, 0) is 24.1 Å². The van der Waals surface area contributed by atoms with Crippen LogP contribution in [0.1, 0.15) is 16.8 Å². The van der Waals surface area contributed by atoms with Gasteiger partial charge in [0.1, 0.15) is 5.69 Å². The zero-order chi connectivity index (χ0) is 19.4. The monoisotopic (exact) mass is 371 g/mol. The summed E-state index contributed by atoms with van der Waals surface area (Å²) in [4.78, 5) is 12.2. The lowest BCUT2D eigenvalue weighted by Crippen LogP contribution is -2.10. The number of hydrogen-bond acceptors (Lipinski definition) is 2. The molecule has 2 N–H and O–H groups in total. The molecule has 0 bridgehead atoms. The molecule has 3 rings (SSSR count).